The van der Waals surface area contributed by atoms with Crippen LogP contribution >= 0.6 is 11.8 Å². The van der Waals surface area contributed by atoms with E-state index in [2.05, 4.69) is 9.72 Å². The van der Waals surface area contributed by atoms with Crippen LogP contribution in [-0.4, -0.2) is 29.1 Å². The number of thioether (sulfide) groups is 1. The van der Waals surface area contributed by atoms with Gasteiger partial charge in [-0.25, -0.2) is 4.98 Å². The summed E-state index contributed by atoms with van der Waals surface area (Å²) in [4.78, 5) is 26.8. The predicted molar refractivity (Wildman–Crippen MR) is 65.9 cm³/mol. The quantitative estimate of drug-likeness (QED) is 0.593. The van der Waals surface area contributed by atoms with Crippen molar-refractivity contribution in [2.24, 2.45) is 0 Å². The van der Waals surface area contributed by atoms with Crippen molar-refractivity contribution in [3.63, 3.8) is 0 Å². The zero-order chi connectivity index (χ0) is 12.8. The normalized spacial score (nSPS) is 11.9. The van der Waals surface area contributed by atoms with Crippen LogP contribution in [0.3, 0.4) is 0 Å². The Morgan fingerprint density at radius 1 is 1.53 bits per heavy atom. The highest BCUT2D eigenvalue weighted by Crippen LogP contribution is 2.26. The van der Waals surface area contributed by atoms with Gasteiger partial charge in [-0.3, -0.25) is 9.59 Å². The number of methoxy groups -OCH3 is 1. The van der Waals surface area contributed by atoms with Gasteiger partial charge in [0.15, 0.2) is 0 Å². The van der Waals surface area contributed by atoms with E-state index in [1.54, 1.807) is 6.20 Å². The van der Waals surface area contributed by atoms with Gasteiger partial charge in [0.25, 0.3) is 0 Å². The minimum atomic E-state index is -0.434. The summed E-state index contributed by atoms with van der Waals surface area (Å²) in [5.41, 5.74) is 0.994. The molecule has 1 unspecified atom stereocenters. The lowest BCUT2D eigenvalue weighted by molar-refractivity contribution is -0.141. The van der Waals surface area contributed by atoms with Gasteiger partial charge in [-0.1, -0.05) is 17.8 Å². The van der Waals surface area contributed by atoms with Crippen molar-refractivity contribution in [2.75, 3.05) is 7.11 Å². The Kier molecular flexibility index (Phi) is 5.15. The SMILES string of the molecule is COC(=O)CC(Sc1ncccc1C)C(C)=O. The van der Waals surface area contributed by atoms with Gasteiger partial charge in [-0.15, -0.1) is 0 Å². The largest absolute Gasteiger partial charge is 0.469 e. The van der Waals surface area contributed by atoms with Gasteiger partial charge < -0.3 is 4.74 Å². The second-order valence-electron chi connectivity index (χ2n) is 3.62. The number of carbonyl (C=O) groups excluding carboxylic acids is 2. The van der Waals surface area contributed by atoms with Crippen molar-refractivity contribution in [1.29, 1.82) is 0 Å². The number of carbonyl (C=O) groups is 2. The molecule has 1 aromatic heterocycles. The zero-order valence-electron chi connectivity index (χ0n) is 10.1. The maximum atomic E-state index is 11.5. The molecule has 0 spiro atoms. The molecule has 0 saturated heterocycles. The molecule has 17 heavy (non-hydrogen) atoms. The van der Waals surface area contributed by atoms with Crippen LogP contribution in [0.1, 0.15) is 18.9 Å². The summed E-state index contributed by atoms with van der Waals surface area (Å²) in [6, 6.07) is 3.76. The Morgan fingerprint density at radius 3 is 2.76 bits per heavy atom. The Hall–Kier alpha value is -1.36. The number of nitrogens with zero attached hydrogens (tertiary/aromatic N) is 1. The molecule has 92 valence electrons. The van der Waals surface area contributed by atoms with E-state index in [0.29, 0.717) is 0 Å². The van der Waals surface area contributed by atoms with E-state index in [4.69, 9.17) is 0 Å². The molecule has 0 fully saturated rings. The summed E-state index contributed by atoms with van der Waals surface area (Å²) in [6.45, 7) is 3.39. The van der Waals surface area contributed by atoms with Gasteiger partial charge in [0.2, 0.25) is 0 Å². The summed E-state index contributed by atoms with van der Waals surface area (Å²) in [5.74, 6) is -0.434. The molecule has 5 heteroatoms. The molecule has 0 aliphatic heterocycles. The van der Waals surface area contributed by atoms with Gasteiger partial charge in [0.05, 0.1) is 23.8 Å². The maximum Gasteiger partial charge on any atom is 0.307 e. The minimum Gasteiger partial charge on any atom is -0.469 e. The topological polar surface area (TPSA) is 56.3 Å². The number of hydrogen-bond acceptors (Lipinski definition) is 5. The molecule has 4 nitrogen and oxygen atoms in total. The van der Waals surface area contributed by atoms with Crippen LogP contribution in [0, 0.1) is 6.92 Å². The first kappa shape index (κ1) is 13.7. The van der Waals surface area contributed by atoms with Gasteiger partial charge in [0, 0.05) is 6.20 Å². The van der Waals surface area contributed by atoms with E-state index in [0.717, 1.165) is 10.6 Å². The van der Waals surface area contributed by atoms with Crippen LogP contribution < -0.4 is 0 Å². The molecule has 1 rings (SSSR count). The molecule has 1 aromatic rings. The monoisotopic (exact) mass is 253 g/mol. The van der Waals surface area contributed by atoms with Crippen LogP contribution in [0.5, 0.6) is 0 Å². The Balaban J connectivity index is 2.77. The summed E-state index contributed by atoms with van der Waals surface area (Å²) in [5, 5.41) is 0.340. The number of pyridine rings is 1. The maximum absolute atomic E-state index is 11.5. The van der Waals surface area contributed by atoms with Crippen molar-refractivity contribution < 1.29 is 14.3 Å². The van der Waals surface area contributed by atoms with Crippen LogP contribution in [0.25, 0.3) is 0 Å². The standard InChI is InChI=1S/C12H15NO3S/c1-8-5-4-6-13-12(8)17-10(9(2)14)7-11(15)16-3/h4-6,10H,7H2,1-3H3. The number of Topliss-reactive ketones (excluding diaryl/α,β-unsaturated/α-hetero) is 1. The summed E-state index contributed by atoms with van der Waals surface area (Å²) < 4.78 is 4.57. The van der Waals surface area contributed by atoms with Crippen LogP contribution in [-0.2, 0) is 14.3 Å². The van der Waals surface area contributed by atoms with Crippen LogP contribution in [0.4, 0.5) is 0 Å². The molecule has 0 amide bonds. The lowest BCUT2D eigenvalue weighted by atomic mass is 10.2. The van der Waals surface area contributed by atoms with Gasteiger partial charge in [-0.05, 0) is 25.5 Å². The second-order valence-corrected chi connectivity index (χ2v) is 4.81. The zero-order valence-corrected chi connectivity index (χ0v) is 10.9. The number of esters is 1. The minimum absolute atomic E-state index is 0.0505. The van der Waals surface area contributed by atoms with Crippen molar-refractivity contribution in [2.45, 2.75) is 30.5 Å². The number of aromatic nitrogens is 1. The molecule has 0 aromatic carbocycles. The van der Waals surface area contributed by atoms with Crippen molar-refractivity contribution in [1.82, 2.24) is 4.98 Å². The molecule has 1 atom stereocenters. The summed E-state index contributed by atoms with van der Waals surface area (Å²) in [6.07, 6.45) is 1.75. The molecule has 0 aliphatic carbocycles. The summed E-state index contributed by atoms with van der Waals surface area (Å²) in [7, 11) is 1.32. The molecule has 1 heterocycles. The van der Waals surface area contributed by atoms with Gasteiger partial charge in [0.1, 0.15) is 5.78 Å². The molecule has 0 saturated carbocycles. The third kappa shape index (κ3) is 4.19. The average Bonchev–Trinajstić information content (AvgIpc) is 2.30. The van der Waals surface area contributed by atoms with Crippen molar-refractivity contribution in [3.8, 4) is 0 Å². The molecule has 0 radical (unpaired) electrons. The third-order valence-electron chi connectivity index (χ3n) is 2.25. The van der Waals surface area contributed by atoms with E-state index in [9.17, 15) is 9.59 Å². The number of rotatable bonds is 5. The van der Waals surface area contributed by atoms with E-state index in [1.807, 2.05) is 19.1 Å². The third-order valence-corrected chi connectivity index (χ3v) is 3.68. The van der Waals surface area contributed by atoms with E-state index >= 15 is 0 Å². The predicted octanol–water partition coefficient (Wildman–Crippen LogP) is 2.00. The average molecular weight is 253 g/mol. The highest BCUT2D eigenvalue weighted by molar-refractivity contribution is 8.00. The van der Waals surface area contributed by atoms with Crippen LogP contribution in [0.2, 0.25) is 0 Å². The molecule has 0 N–H and O–H groups in total. The Morgan fingerprint density at radius 2 is 2.24 bits per heavy atom. The molecular weight excluding hydrogens is 238 g/mol. The van der Waals surface area contributed by atoms with Crippen LogP contribution in [0.15, 0.2) is 23.4 Å². The number of aryl methyl sites for hydroxylation is 1. The fourth-order valence-corrected chi connectivity index (χ4v) is 2.26. The van der Waals surface area contributed by atoms with Crippen molar-refractivity contribution in [3.05, 3.63) is 23.9 Å². The Bertz CT molecular complexity index is 420. The molecular formula is C12H15NO3S. The first-order valence-electron chi connectivity index (χ1n) is 5.20. The number of ketones is 1. The fourth-order valence-electron chi connectivity index (χ4n) is 1.23. The highest BCUT2D eigenvalue weighted by atomic mass is 32.2. The molecule has 0 aliphatic rings. The second kappa shape index (κ2) is 6.39. The lowest BCUT2D eigenvalue weighted by Crippen LogP contribution is -2.19. The number of ether oxygens (including phenoxy) is 1. The van der Waals surface area contributed by atoms with E-state index < -0.39 is 5.25 Å². The molecule has 0 bridgehead atoms. The van der Waals surface area contributed by atoms with E-state index in [-0.39, 0.29) is 18.2 Å². The summed E-state index contributed by atoms with van der Waals surface area (Å²) >= 11 is 1.31. The Labute approximate surface area is 105 Å². The van der Waals surface area contributed by atoms with E-state index in [1.165, 1.54) is 25.8 Å². The first-order valence-corrected chi connectivity index (χ1v) is 6.08. The smallest absolute Gasteiger partial charge is 0.307 e. The van der Waals surface area contributed by atoms with Gasteiger partial charge >= 0.3 is 5.97 Å². The number of hydrogen-bond donors (Lipinski definition) is 0. The fraction of sp³-hybridized carbons (Fsp3) is 0.417. The first-order chi connectivity index (χ1) is 8.04. The highest BCUT2D eigenvalue weighted by Gasteiger charge is 2.21. The van der Waals surface area contributed by atoms with Crippen molar-refractivity contribution >= 4 is 23.5 Å². The lowest BCUT2D eigenvalue weighted by Gasteiger charge is -2.12. The van der Waals surface area contributed by atoms with Gasteiger partial charge in [-0.2, -0.15) is 0 Å².